The number of nitrogens with zero attached hydrogens (tertiary/aromatic N) is 2. The lowest BCUT2D eigenvalue weighted by atomic mass is 9.79. The fourth-order valence-electron chi connectivity index (χ4n) is 5.08. The van der Waals surface area contributed by atoms with Crippen molar-refractivity contribution < 1.29 is 19.0 Å². The number of carboxylic acids is 1. The molecule has 2 aromatic carbocycles. The highest BCUT2D eigenvalue weighted by atomic mass is 35.5. The molecule has 1 aliphatic heterocycles. The van der Waals surface area contributed by atoms with Gasteiger partial charge in [-0.3, -0.25) is 9.78 Å². The number of aliphatic carboxylic acids is 1. The van der Waals surface area contributed by atoms with E-state index in [9.17, 15) is 9.90 Å². The van der Waals surface area contributed by atoms with Gasteiger partial charge in [-0.2, -0.15) is 0 Å². The number of fused-ring (bicyclic) bond motifs is 1. The molecule has 1 N–H and O–H groups in total. The summed E-state index contributed by atoms with van der Waals surface area (Å²) in [6, 6.07) is 15.0. The van der Waals surface area contributed by atoms with Crippen LogP contribution < -0.4 is 4.74 Å². The molecule has 8 heteroatoms. The van der Waals surface area contributed by atoms with Crippen molar-refractivity contribution in [3.05, 3.63) is 65.3 Å². The van der Waals surface area contributed by atoms with E-state index >= 15 is 4.39 Å². The number of thioether (sulfide) groups is 1. The van der Waals surface area contributed by atoms with Crippen LogP contribution in [0.5, 0.6) is 5.75 Å². The Morgan fingerprint density at radius 3 is 2.81 bits per heavy atom. The predicted octanol–water partition coefficient (Wildman–Crippen LogP) is 6.89. The third-order valence-electron chi connectivity index (χ3n) is 7.01. The van der Waals surface area contributed by atoms with E-state index in [2.05, 4.69) is 9.88 Å². The van der Waals surface area contributed by atoms with Crippen molar-refractivity contribution in [3.8, 4) is 5.75 Å². The lowest BCUT2D eigenvalue weighted by Crippen LogP contribution is -2.42. The Morgan fingerprint density at radius 1 is 1.25 bits per heavy atom. The number of ether oxygens (including phenoxy) is 1. The molecule has 1 fully saturated rings. The largest absolute Gasteiger partial charge is 0.497 e. The maximum atomic E-state index is 15.5. The average Bonchev–Trinajstić information content (AvgIpc) is 2.88. The minimum atomic E-state index is -1.14. The van der Waals surface area contributed by atoms with Crippen LogP contribution in [0.4, 0.5) is 4.39 Å². The number of hydrogen-bond acceptors (Lipinski definition) is 5. The van der Waals surface area contributed by atoms with Crippen LogP contribution in [-0.2, 0) is 4.79 Å². The van der Waals surface area contributed by atoms with Gasteiger partial charge >= 0.3 is 5.97 Å². The summed E-state index contributed by atoms with van der Waals surface area (Å²) in [5, 5.41) is 11.0. The number of halogens is 2. The molecular formula is C28H32ClFN2O3S. The van der Waals surface area contributed by atoms with Gasteiger partial charge in [0.25, 0.3) is 0 Å². The summed E-state index contributed by atoms with van der Waals surface area (Å²) in [5.74, 6) is 1.04. The van der Waals surface area contributed by atoms with Crippen LogP contribution in [0.1, 0.15) is 37.4 Å². The van der Waals surface area contributed by atoms with E-state index in [1.54, 1.807) is 31.1 Å². The highest BCUT2D eigenvalue weighted by Gasteiger charge is 2.31. The lowest BCUT2D eigenvalue weighted by molar-refractivity contribution is -0.139. The second kappa shape index (κ2) is 12.7. The molecule has 1 aliphatic rings. The summed E-state index contributed by atoms with van der Waals surface area (Å²) in [7, 11) is 1.59. The zero-order valence-electron chi connectivity index (χ0n) is 20.4. The maximum Gasteiger partial charge on any atom is 0.303 e. The standard InChI is InChI=1S/C28H32ClFN2O3S/c1-35-22-5-9-27-25(17-22)24(10-12-31-27)26(30)8-2-19-11-13-32(18-20(19)16-28(33)34)14-15-36-23-6-3-21(29)4-7-23/h3-7,9-10,12,17,19-20,26H,2,8,11,13-16,18H2,1H3,(H,33,34)/t19-,20+,26+/m1/s1. The number of carbonyl (C=O) groups is 1. The number of piperidine rings is 1. The van der Waals surface area contributed by atoms with E-state index in [0.29, 0.717) is 24.2 Å². The Bertz CT molecular complexity index is 1160. The zero-order valence-corrected chi connectivity index (χ0v) is 22.0. The van der Waals surface area contributed by atoms with Crippen molar-refractivity contribution in [3.63, 3.8) is 0 Å². The Balaban J connectivity index is 1.34. The molecule has 0 radical (unpaired) electrons. The molecule has 0 aliphatic carbocycles. The number of carboxylic acid groups (broad SMARTS) is 1. The molecule has 1 aromatic heterocycles. The third-order valence-corrected chi connectivity index (χ3v) is 8.26. The van der Waals surface area contributed by atoms with Gasteiger partial charge in [-0.1, -0.05) is 11.6 Å². The van der Waals surface area contributed by atoms with Crippen LogP contribution >= 0.6 is 23.4 Å². The van der Waals surface area contributed by atoms with Gasteiger partial charge in [-0.25, -0.2) is 4.39 Å². The first kappa shape index (κ1) is 26.7. The number of hydrogen-bond donors (Lipinski definition) is 1. The topological polar surface area (TPSA) is 62.7 Å². The Hall–Kier alpha value is -2.35. The van der Waals surface area contributed by atoms with E-state index in [1.807, 2.05) is 42.5 Å². The van der Waals surface area contributed by atoms with Gasteiger partial charge in [0.15, 0.2) is 0 Å². The first-order valence-corrected chi connectivity index (χ1v) is 13.7. The average molecular weight is 531 g/mol. The van der Waals surface area contributed by atoms with Gasteiger partial charge < -0.3 is 14.7 Å². The highest BCUT2D eigenvalue weighted by molar-refractivity contribution is 7.99. The summed E-state index contributed by atoms with van der Waals surface area (Å²) in [6.45, 7) is 2.55. The van der Waals surface area contributed by atoms with Crippen molar-refractivity contribution >= 4 is 40.2 Å². The predicted molar refractivity (Wildman–Crippen MR) is 144 cm³/mol. The molecule has 5 nitrogen and oxygen atoms in total. The summed E-state index contributed by atoms with van der Waals surface area (Å²) < 4.78 is 20.8. The van der Waals surface area contributed by atoms with E-state index in [4.69, 9.17) is 16.3 Å². The fourth-order valence-corrected chi connectivity index (χ4v) is 6.12. The van der Waals surface area contributed by atoms with Crippen LogP contribution in [0.15, 0.2) is 59.6 Å². The van der Waals surface area contributed by atoms with Gasteiger partial charge in [-0.15, -0.1) is 11.8 Å². The molecule has 3 aromatic rings. The number of pyridine rings is 1. The number of likely N-dealkylation sites (tertiary alicyclic amines) is 1. The molecule has 1 saturated heterocycles. The highest BCUT2D eigenvalue weighted by Crippen LogP contribution is 2.36. The van der Waals surface area contributed by atoms with Crippen molar-refractivity contribution in [2.75, 3.05) is 32.5 Å². The minimum absolute atomic E-state index is 0.0262. The molecule has 36 heavy (non-hydrogen) atoms. The first-order valence-electron chi connectivity index (χ1n) is 12.3. The normalized spacial score (nSPS) is 19.3. The monoisotopic (exact) mass is 530 g/mol. The van der Waals surface area contributed by atoms with Crippen LogP contribution in [-0.4, -0.2) is 53.5 Å². The lowest BCUT2D eigenvalue weighted by Gasteiger charge is -2.38. The van der Waals surface area contributed by atoms with Gasteiger partial charge in [0, 0.05) is 46.8 Å². The molecule has 2 heterocycles. The second-order valence-corrected chi connectivity index (χ2v) is 10.9. The van der Waals surface area contributed by atoms with Gasteiger partial charge in [0.05, 0.1) is 12.6 Å². The molecule has 3 atom stereocenters. The SMILES string of the molecule is COc1ccc2nccc([C@@H](F)CC[C@@H]3CCN(CCSc4ccc(Cl)cc4)C[C@@H]3CC(=O)O)c2c1. The van der Waals surface area contributed by atoms with Gasteiger partial charge in [0.2, 0.25) is 0 Å². The number of rotatable bonds is 11. The first-order chi connectivity index (χ1) is 17.4. The molecule has 0 amide bonds. The molecule has 192 valence electrons. The molecule has 0 unspecified atom stereocenters. The Labute approximate surface area is 221 Å². The Morgan fingerprint density at radius 2 is 2.06 bits per heavy atom. The van der Waals surface area contributed by atoms with Crippen LogP contribution in [0, 0.1) is 11.8 Å². The molecule has 0 bridgehead atoms. The van der Waals surface area contributed by atoms with Crippen LogP contribution in [0.2, 0.25) is 5.02 Å². The Kier molecular flexibility index (Phi) is 9.46. The summed E-state index contributed by atoms with van der Waals surface area (Å²) in [6.07, 6.45) is 2.55. The van der Waals surface area contributed by atoms with Crippen molar-refractivity contribution in [1.29, 1.82) is 0 Å². The van der Waals surface area contributed by atoms with E-state index < -0.39 is 12.1 Å². The molecule has 4 rings (SSSR count). The third kappa shape index (κ3) is 7.11. The molecule has 0 spiro atoms. The van der Waals surface area contributed by atoms with Crippen LogP contribution in [0.25, 0.3) is 10.9 Å². The van der Waals surface area contributed by atoms with Gasteiger partial charge in [-0.05, 0) is 91.7 Å². The number of aromatic nitrogens is 1. The van der Waals surface area contributed by atoms with Crippen molar-refractivity contribution in [1.82, 2.24) is 9.88 Å². The van der Waals surface area contributed by atoms with E-state index in [0.717, 1.165) is 47.7 Å². The summed E-state index contributed by atoms with van der Waals surface area (Å²) >= 11 is 7.73. The smallest absolute Gasteiger partial charge is 0.303 e. The minimum Gasteiger partial charge on any atom is -0.497 e. The number of methoxy groups -OCH3 is 1. The van der Waals surface area contributed by atoms with Crippen LogP contribution in [0.3, 0.4) is 0 Å². The number of benzene rings is 2. The second-order valence-electron chi connectivity index (χ2n) is 9.34. The molecule has 0 saturated carbocycles. The van der Waals surface area contributed by atoms with Gasteiger partial charge in [0.1, 0.15) is 11.9 Å². The quantitative estimate of drug-likeness (QED) is 0.272. The summed E-state index contributed by atoms with van der Waals surface area (Å²) in [5.41, 5.74) is 1.36. The maximum absolute atomic E-state index is 15.5. The summed E-state index contributed by atoms with van der Waals surface area (Å²) in [4.78, 5) is 19.5. The number of alkyl halides is 1. The fraction of sp³-hybridized carbons (Fsp3) is 0.429. The molecular weight excluding hydrogens is 499 g/mol. The van der Waals surface area contributed by atoms with E-state index in [1.165, 1.54) is 4.90 Å². The van der Waals surface area contributed by atoms with Crippen molar-refractivity contribution in [2.24, 2.45) is 11.8 Å². The van der Waals surface area contributed by atoms with E-state index in [-0.39, 0.29) is 18.3 Å². The zero-order chi connectivity index (χ0) is 25.5. The van der Waals surface area contributed by atoms with Crippen molar-refractivity contribution in [2.45, 2.75) is 36.8 Å².